The van der Waals surface area contributed by atoms with Crippen molar-refractivity contribution in [3.05, 3.63) is 28.2 Å². The van der Waals surface area contributed by atoms with Gasteiger partial charge in [-0.25, -0.2) is 0 Å². The van der Waals surface area contributed by atoms with Gasteiger partial charge in [-0.2, -0.15) is 0 Å². The summed E-state index contributed by atoms with van der Waals surface area (Å²) >= 11 is 3.43. The van der Waals surface area contributed by atoms with E-state index in [4.69, 9.17) is 9.47 Å². The van der Waals surface area contributed by atoms with Gasteiger partial charge < -0.3 is 14.8 Å². The summed E-state index contributed by atoms with van der Waals surface area (Å²) in [4.78, 5) is 0. The highest BCUT2D eigenvalue weighted by Gasteiger charge is 2.05. The summed E-state index contributed by atoms with van der Waals surface area (Å²) in [7, 11) is 3.26. The van der Waals surface area contributed by atoms with Crippen LogP contribution in [0.2, 0.25) is 0 Å². The maximum atomic E-state index is 5.09. The van der Waals surface area contributed by atoms with Crippen molar-refractivity contribution >= 4 is 21.6 Å². The van der Waals surface area contributed by atoms with Crippen LogP contribution in [0.15, 0.2) is 22.7 Å². The molecule has 3 nitrogen and oxygen atoms in total. The molecule has 0 aliphatic heterocycles. The Bertz CT molecular complexity index is 313. The number of hydrogen-bond donors (Lipinski definition) is 1. The lowest BCUT2D eigenvalue weighted by molar-refractivity contribution is -0.0914. The molecule has 1 rings (SSSR count). The Hall–Kier alpha value is -0.580. The van der Waals surface area contributed by atoms with E-state index in [1.165, 1.54) is 5.56 Å². The number of ether oxygens (including phenoxy) is 2. The molecule has 0 saturated carbocycles. The zero-order chi connectivity index (χ0) is 11.3. The molecule has 0 radical (unpaired) electrons. The van der Waals surface area contributed by atoms with E-state index in [1.54, 1.807) is 14.2 Å². The topological polar surface area (TPSA) is 30.5 Å². The van der Waals surface area contributed by atoms with Crippen LogP contribution >= 0.6 is 15.9 Å². The second-order valence-electron chi connectivity index (χ2n) is 3.24. The maximum Gasteiger partial charge on any atom is 0.173 e. The van der Waals surface area contributed by atoms with Crippen LogP contribution in [-0.4, -0.2) is 27.1 Å². The first-order chi connectivity index (χ1) is 7.17. The van der Waals surface area contributed by atoms with E-state index in [2.05, 4.69) is 34.2 Å². The standard InChI is InChI=1S/C11H16BrNO2/c1-8-4-5-9(12)6-10(8)13-7-11(14-2)15-3/h4-6,11,13H,7H2,1-3H3. The number of benzene rings is 1. The average molecular weight is 274 g/mol. The Balaban J connectivity index is 2.60. The minimum absolute atomic E-state index is 0.219. The molecule has 0 saturated heterocycles. The molecule has 0 unspecified atom stereocenters. The normalized spacial score (nSPS) is 10.7. The fourth-order valence-corrected chi connectivity index (χ4v) is 1.60. The van der Waals surface area contributed by atoms with Crippen molar-refractivity contribution in [1.82, 2.24) is 0 Å². The number of anilines is 1. The van der Waals surface area contributed by atoms with E-state index in [1.807, 2.05) is 12.1 Å². The molecule has 1 aromatic carbocycles. The lowest BCUT2D eigenvalue weighted by Gasteiger charge is -2.16. The summed E-state index contributed by atoms with van der Waals surface area (Å²) in [6.07, 6.45) is -0.219. The predicted molar refractivity (Wildman–Crippen MR) is 65.2 cm³/mol. The number of rotatable bonds is 5. The predicted octanol–water partition coefficient (Wildman–Crippen LogP) is 2.79. The van der Waals surface area contributed by atoms with Gasteiger partial charge in [0.25, 0.3) is 0 Å². The minimum atomic E-state index is -0.219. The van der Waals surface area contributed by atoms with Gasteiger partial charge >= 0.3 is 0 Å². The molecule has 0 aliphatic carbocycles. The maximum absolute atomic E-state index is 5.09. The van der Waals surface area contributed by atoms with Gasteiger partial charge in [0.15, 0.2) is 6.29 Å². The zero-order valence-corrected chi connectivity index (χ0v) is 10.8. The van der Waals surface area contributed by atoms with Gasteiger partial charge in [0.05, 0.1) is 6.54 Å². The molecular formula is C11H16BrNO2. The Morgan fingerprint density at radius 2 is 2.00 bits per heavy atom. The molecule has 0 fully saturated rings. The monoisotopic (exact) mass is 273 g/mol. The zero-order valence-electron chi connectivity index (χ0n) is 9.21. The van der Waals surface area contributed by atoms with E-state index in [-0.39, 0.29) is 6.29 Å². The molecule has 0 amide bonds. The molecule has 15 heavy (non-hydrogen) atoms. The van der Waals surface area contributed by atoms with Crippen LogP contribution in [0.4, 0.5) is 5.69 Å². The Kier molecular flexibility index (Phi) is 5.08. The van der Waals surface area contributed by atoms with Crippen LogP contribution in [-0.2, 0) is 9.47 Å². The third kappa shape index (κ3) is 3.81. The largest absolute Gasteiger partial charge is 0.380 e. The van der Waals surface area contributed by atoms with E-state index >= 15 is 0 Å². The first-order valence-electron chi connectivity index (χ1n) is 4.73. The van der Waals surface area contributed by atoms with Crippen molar-refractivity contribution < 1.29 is 9.47 Å². The summed E-state index contributed by atoms with van der Waals surface area (Å²) in [6, 6.07) is 6.11. The van der Waals surface area contributed by atoms with Gasteiger partial charge in [-0.1, -0.05) is 22.0 Å². The molecule has 1 aromatic rings. The molecule has 0 heterocycles. The van der Waals surface area contributed by atoms with Crippen LogP contribution in [0.3, 0.4) is 0 Å². The molecule has 0 aromatic heterocycles. The van der Waals surface area contributed by atoms with Gasteiger partial charge in [-0.15, -0.1) is 0 Å². The third-order valence-electron chi connectivity index (χ3n) is 2.18. The molecule has 0 aliphatic rings. The number of halogens is 1. The molecule has 0 atom stereocenters. The quantitative estimate of drug-likeness (QED) is 0.837. The van der Waals surface area contributed by atoms with Crippen molar-refractivity contribution in [2.75, 3.05) is 26.1 Å². The van der Waals surface area contributed by atoms with Gasteiger partial charge in [0.1, 0.15) is 0 Å². The summed E-state index contributed by atoms with van der Waals surface area (Å²) in [5.74, 6) is 0. The Morgan fingerprint density at radius 3 is 2.60 bits per heavy atom. The highest BCUT2D eigenvalue weighted by molar-refractivity contribution is 9.10. The summed E-state index contributed by atoms with van der Waals surface area (Å²) < 4.78 is 11.2. The highest BCUT2D eigenvalue weighted by atomic mass is 79.9. The smallest absolute Gasteiger partial charge is 0.173 e. The van der Waals surface area contributed by atoms with E-state index in [9.17, 15) is 0 Å². The first-order valence-corrected chi connectivity index (χ1v) is 5.52. The summed E-state index contributed by atoms with van der Waals surface area (Å²) in [6.45, 7) is 2.69. The lowest BCUT2D eigenvalue weighted by atomic mass is 10.2. The molecule has 0 bridgehead atoms. The van der Waals surface area contributed by atoms with Crippen LogP contribution in [0.5, 0.6) is 0 Å². The van der Waals surface area contributed by atoms with E-state index in [0.717, 1.165) is 10.2 Å². The molecule has 4 heteroatoms. The van der Waals surface area contributed by atoms with Gasteiger partial charge in [-0.3, -0.25) is 0 Å². The van der Waals surface area contributed by atoms with E-state index in [0.29, 0.717) is 6.54 Å². The van der Waals surface area contributed by atoms with Crippen molar-refractivity contribution in [2.24, 2.45) is 0 Å². The van der Waals surface area contributed by atoms with Gasteiger partial charge in [0, 0.05) is 24.4 Å². The van der Waals surface area contributed by atoms with Crippen LogP contribution in [0, 0.1) is 6.92 Å². The Morgan fingerprint density at radius 1 is 1.33 bits per heavy atom. The lowest BCUT2D eigenvalue weighted by Crippen LogP contribution is -2.23. The number of hydrogen-bond acceptors (Lipinski definition) is 3. The van der Waals surface area contributed by atoms with Gasteiger partial charge in [0.2, 0.25) is 0 Å². The van der Waals surface area contributed by atoms with Gasteiger partial charge in [-0.05, 0) is 24.6 Å². The van der Waals surface area contributed by atoms with Crippen molar-refractivity contribution in [3.63, 3.8) is 0 Å². The SMILES string of the molecule is COC(CNc1cc(Br)ccc1C)OC. The third-order valence-corrected chi connectivity index (χ3v) is 2.68. The molecule has 1 N–H and O–H groups in total. The number of methoxy groups -OCH3 is 2. The Labute approximate surface area is 98.9 Å². The van der Waals surface area contributed by atoms with Crippen LogP contribution in [0.25, 0.3) is 0 Å². The highest BCUT2D eigenvalue weighted by Crippen LogP contribution is 2.20. The second-order valence-corrected chi connectivity index (χ2v) is 4.16. The van der Waals surface area contributed by atoms with E-state index < -0.39 is 0 Å². The molecule has 84 valence electrons. The molecule has 0 spiro atoms. The first kappa shape index (κ1) is 12.5. The van der Waals surface area contributed by atoms with Crippen molar-refractivity contribution in [3.8, 4) is 0 Å². The van der Waals surface area contributed by atoms with Crippen molar-refractivity contribution in [2.45, 2.75) is 13.2 Å². The fourth-order valence-electron chi connectivity index (χ4n) is 1.24. The second kappa shape index (κ2) is 6.10. The summed E-state index contributed by atoms with van der Waals surface area (Å²) in [5.41, 5.74) is 2.28. The van der Waals surface area contributed by atoms with Crippen LogP contribution < -0.4 is 5.32 Å². The van der Waals surface area contributed by atoms with Crippen LogP contribution in [0.1, 0.15) is 5.56 Å². The number of aryl methyl sites for hydroxylation is 1. The number of nitrogens with one attached hydrogen (secondary N) is 1. The minimum Gasteiger partial charge on any atom is -0.380 e. The summed E-state index contributed by atoms with van der Waals surface area (Å²) in [5, 5.41) is 3.28. The molecular weight excluding hydrogens is 258 g/mol. The fraction of sp³-hybridized carbons (Fsp3) is 0.455. The average Bonchev–Trinajstić information content (AvgIpc) is 2.24. The van der Waals surface area contributed by atoms with Crippen molar-refractivity contribution in [1.29, 1.82) is 0 Å².